The Morgan fingerprint density at radius 1 is 1.22 bits per heavy atom. The van der Waals surface area contributed by atoms with Crippen LogP contribution in [0.1, 0.15) is 29.3 Å². The highest BCUT2D eigenvalue weighted by molar-refractivity contribution is 6.00. The molecule has 1 amide bonds. The molecule has 2 aromatic heterocycles. The molecule has 0 aliphatic carbocycles. The zero-order valence-corrected chi connectivity index (χ0v) is 19.4. The van der Waals surface area contributed by atoms with Gasteiger partial charge in [-0.1, -0.05) is 0 Å². The summed E-state index contributed by atoms with van der Waals surface area (Å²) in [6, 6.07) is 4.94. The van der Waals surface area contributed by atoms with Crippen molar-refractivity contribution < 1.29 is 32.2 Å². The minimum Gasteiger partial charge on any atom is -0.485 e. The van der Waals surface area contributed by atoms with Crippen molar-refractivity contribution in [2.75, 3.05) is 43.5 Å². The largest absolute Gasteiger partial charge is 0.485 e. The molecular weight excluding hydrogens is 479 g/mol. The number of amides is 1. The molecular formula is C24H24F3N5O4. The van der Waals surface area contributed by atoms with Gasteiger partial charge in [-0.3, -0.25) is 4.79 Å². The van der Waals surface area contributed by atoms with Gasteiger partial charge in [-0.05, 0) is 25.5 Å². The van der Waals surface area contributed by atoms with Crippen LogP contribution in [0, 0.1) is 0 Å². The minimum atomic E-state index is -4.52. The summed E-state index contributed by atoms with van der Waals surface area (Å²) in [6.07, 6.45) is -2.70. The number of fused-ring (bicyclic) bond motifs is 4. The van der Waals surface area contributed by atoms with Gasteiger partial charge in [0.25, 0.3) is 5.91 Å². The molecule has 2 saturated heterocycles. The molecule has 0 saturated carbocycles. The molecule has 36 heavy (non-hydrogen) atoms. The third kappa shape index (κ3) is 3.76. The van der Waals surface area contributed by atoms with E-state index in [0.29, 0.717) is 67.2 Å². The maximum atomic E-state index is 13.5. The summed E-state index contributed by atoms with van der Waals surface area (Å²) in [7, 11) is 0. The lowest BCUT2D eigenvalue weighted by Gasteiger charge is -2.29. The van der Waals surface area contributed by atoms with E-state index < -0.39 is 11.7 Å². The van der Waals surface area contributed by atoms with Crippen LogP contribution in [0.3, 0.4) is 0 Å². The van der Waals surface area contributed by atoms with Gasteiger partial charge in [-0.2, -0.15) is 13.2 Å². The van der Waals surface area contributed by atoms with E-state index in [9.17, 15) is 18.0 Å². The van der Waals surface area contributed by atoms with Crippen molar-refractivity contribution in [2.45, 2.75) is 31.7 Å². The van der Waals surface area contributed by atoms with E-state index in [1.54, 1.807) is 19.1 Å². The van der Waals surface area contributed by atoms with Gasteiger partial charge in [0.1, 0.15) is 24.7 Å². The molecule has 5 heterocycles. The van der Waals surface area contributed by atoms with Crippen molar-refractivity contribution in [2.24, 2.45) is 0 Å². The molecule has 0 unspecified atom stereocenters. The first-order valence-electron chi connectivity index (χ1n) is 11.8. The number of nitrogens with zero attached hydrogens (tertiary/aromatic N) is 2. The SMILES string of the molecule is CCNc1cc(Nc2ccc(C(=O)N3C[C@@H]4C[C@H]3CO4)c3c2OCCO3)nc2[nH]cc(C(F)(F)F)c12. The minimum absolute atomic E-state index is 0.0265. The molecule has 12 heteroatoms. The molecule has 0 spiro atoms. The highest BCUT2D eigenvalue weighted by Gasteiger charge is 2.43. The molecule has 3 aromatic rings. The van der Waals surface area contributed by atoms with Gasteiger partial charge < -0.3 is 34.7 Å². The van der Waals surface area contributed by atoms with Crippen LogP contribution in [0.25, 0.3) is 11.0 Å². The van der Waals surface area contributed by atoms with Gasteiger partial charge in [0.05, 0.1) is 41.0 Å². The summed E-state index contributed by atoms with van der Waals surface area (Å²) in [6.45, 7) is 3.90. The second-order valence-corrected chi connectivity index (χ2v) is 8.95. The van der Waals surface area contributed by atoms with Crippen LogP contribution in [-0.4, -0.2) is 65.8 Å². The summed E-state index contributed by atoms with van der Waals surface area (Å²) >= 11 is 0. The molecule has 2 atom stereocenters. The number of nitrogens with one attached hydrogen (secondary N) is 3. The van der Waals surface area contributed by atoms with Crippen LogP contribution >= 0.6 is 0 Å². The second-order valence-electron chi connectivity index (χ2n) is 8.95. The predicted molar refractivity (Wildman–Crippen MR) is 125 cm³/mol. The highest BCUT2D eigenvalue weighted by Crippen LogP contribution is 2.44. The number of hydrogen-bond acceptors (Lipinski definition) is 7. The quantitative estimate of drug-likeness (QED) is 0.481. The van der Waals surface area contributed by atoms with Crippen LogP contribution in [0.2, 0.25) is 0 Å². The number of carbonyl (C=O) groups excluding carboxylic acids is 1. The Labute approximate surface area is 203 Å². The number of aromatic amines is 1. The molecule has 0 radical (unpaired) electrons. The molecule has 1 aromatic carbocycles. The monoisotopic (exact) mass is 503 g/mol. The van der Waals surface area contributed by atoms with E-state index in [2.05, 4.69) is 20.6 Å². The molecule has 190 valence electrons. The summed E-state index contributed by atoms with van der Waals surface area (Å²) in [5, 5.41) is 6.09. The van der Waals surface area contributed by atoms with E-state index in [-0.39, 0.29) is 29.1 Å². The van der Waals surface area contributed by atoms with Gasteiger partial charge in [0, 0.05) is 31.0 Å². The summed E-state index contributed by atoms with van der Waals surface area (Å²) in [5.74, 6) is 0.867. The number of alkyl halides is 3. The average Bonchev–Trinajstić information content (AvgIpc) is 3.60. The van der Waals surface area contributed by atoms with Crippen LogP contribution in [-0.2, 0) is 10.9 Å². The number of halogens is 3. The first kappa shape index (κ1) is 22.8. The van der Waals surface area contributed by atoms with Crippen molar-refractivity contribution >= 4 is 34.1 Å². The van der Waals surface area contributed by atoms with E-state index in [4.69, 9.17) is 14.2 Å². The number of H-pyrrole nitrogens is 1. The Kier molecular flexibility index (Phi) is 5.36. The first-order chi connectivity index (χ1) is 17.3. The van der Waals surface area contributed by atoms with Gasteiger partial charge in [0.2, 0.25) is 0 Å². The van der Waals surface area contributed by atoms with Gasteiger partial charge in [-0.15, -0.1) is 0 Å². The fourth-order valence-electron chi connectivity index (χ4n) is 5.10. The van der Waals surface area contributed by atoms with E-state index in [1.165, 1.54) is 6.07 Å². The van der Waals surface area contributed by atoms with Crippen LogP contribution in [0.4, 0.5) is 30.4 Å². The summed E-state index contributed by atoms with van der Waals surface area (Å²) in [5.41, 5.74) is 0.490. The lowest BCUT2D eigenvalue weighted by Crippen LogP contribution is -2.41. The number of anilines is 3. The Hall–Kier alpha value is -3.67. The number of pyridine rings is 1. The first-order valence-corrected chi connectivity index (χ1v) is 11.8. The number of ether oxygens (including phenoxy) is 3. The highest BCUT2D eigenvalue weighted by atomic mass is 19.4. The number of likely N-dealkylation sites (tertiary alicyclic amines) is 1. The molecule has 3 aliphatic heterocycles. The Bertz CT molecular complexity index is 1340. The molecule has 9 nitrogen and oxygen atoms in total. The maximum absolute atomic E-state index is 13.5. The third-order valence-electron chi connectivity index (χ3n) is 6.66. The Morgan fingerprint density at radius 3 is 2.72 bits per heavy atom. The van der Waals surface area contributed by atoms with Gasteiger partial charge in [-0.25, -0.2) is 4.98 Å². The summed E-state index contributed by atoms with van der Waals surface area (Å²) < 4.78 is 57.9. The number of hydrogen-bond donors (Lipinski definition) is 3. The normalized spacial score (nSPS) is 20.7. The average molecular weight is 503 g/mol. The zero-order chi connectivity index (χ0) is 25.0. The number of benzene rings is 1. The Morgan fingerprint density at radius 2 is 2.03 bits per heavy atom. The van der Waals surface area contributed by atoms with Crippen molar-refractivity contribution in [3.05, 3.63) is 35.5 Å². The Balaban J connectivity index is 1.36. The van der Waals surface area contributed by atoms with Crippen molar-refractivity contribution in [1.82, 2.24) is 14.9 Å². The molecule has 3 N–H and O–H groups in total. The standard InChI is InChI=1S/C24H24F3N5O4/c1-2-28-17-8-18(31-22-19(17)15(9-29-22)24(25,26)27)30-16-4-3-14(20-21(16)35-6-5-34-20)23(33)32-10-13-7-12(32)11-36-13/h3-4,8-9,12-13H,2,5-7,10-11H2,1H3,(H3,28,29,30,31)/t12-,13-/m0/s1. The predicted octanol–water partition coefficient (Wildman–Crippen LogP) is 4.14. The van der Waals surface area contributed by atoms with E-state index >= 15 is 0 Å². The van der Waals surface area contributed by atoms with E-state index in [1.807, 2.05) is 4.90 Å². The van der Waals surface area contributed by atoms with Crippen molar-refractivity contribution in [3.63, 3.8) is 0 Å². The molecule has 2 fully saturated rings. The topological polar surface area (TPSA) is 101 Å². The van der Waals surface area contributed by atoms with Gasteiger partial charge >= 0.3 is 6.18 Å². The molecule has 3 aliphatic rings. The van der Waals surface area contributed by atoms with Gasteiger partial charge in [0.15, 0.2) is 11.5 Å². The summed E-state index contributed by atoms with van der Waals surface area (Å²) in [4.78, 5) is 22.1. The number of carbonyl (C=O) groups is 1. The van der Waals surface area contributed by atoms with Crippen LogP contribution < -0.4 is 20.1 Å². The third-order valence-corrected chi connectivity index (χ3v) is 6.66. The number of rotatable bonds is 5. The lowest BCUT2D eigenvalue weighted by molar-refractivity contribution is -0.136. The smallest absolute Gasteiger partial charge is 0.418 e. The fourth-order valence-corrected chi connectivity index (χ4v) is 5.10. The molecule has 2 bridgehead atoms. The van der Waals surface area contributed by atoms with Crippen LogP contribution in [0.5, 0.6) is 11.5 Å². The second kappa shape index (κ2) is 8.47. The molecule has 6 rings (SSSR count). The number of aromatic nitrogens is 2. The zero-order valence-electron chi connectivity index (χ0n) is 19.4. The van der Waals surface area contributed by atoms with Crippen molar-refractivity contribution in [3.8, 4) is 11.5 Å². The maximum Gasteiger partial charge on any atom is 0.418 e. The fraction of sp³-hybridized carbons (Fsp3) is 0.417. The van der Waals surface area contributed by atoms with Crippen LogP contribution in [0.15, 0.2) is 24.4 Å². The lowest BCUT2D eigenvalue weighted by atomic mass is 10.1. The van der Waals surface area contributed by atoms with E-state index in [0.717, 1.165) is 12.6 Å². The number of morpholine rings is 1. The van der Waals surface area contributed by atoms with Crippen molar-refractivity contribution in [1.29, 1.82) is 0 Å².